The molecule has 16 heavy (non-hydrogen) atoms. The van der Waals surface area contributed by atoms with Gasteiger partial charge in [-0.1, -0.05) is 19.1 Å². The molecule has 90 valence electrons. The van der Waals surface area contributed by atoms with Crippen LogP contribution in [0, 0.1) is 5.82 Å². The van der Waals surface area contributed by atoms with Crippen LogP contribution in [0.5, 0.6) is 0 Å². The second-order valence-electron chi connectivity index (χ2n) is 3.39. The third-order valence-corrected chi connectivity index (χ3v) is 4.19. The van der Waals surface area contributed by atoms with Gasteiger partial charge in [0.1, 0.15) is 5.82 Å². The van der Waals surface area contributed by atoms with E-state index in [2.05, 4.69) is 4.72 Å². The van der Waals surface area contributed by atoms with E-state index < -0.39 is 21.1 Å². The van der Waals surface area contributed by atoms with Gasteiger partial charge < -0.3 is 5.73 Å². The highest BCUT2D eigenvalue weighted by atomic mass is 32.2. The molecule has 0 spiro atoms. The maximum absolute atomic E-state index is 13.2. The molecular formula is C10H15FN2O2S. The van der Waals surface area contributed by atoms with Gasteiger partial charge in [-0.15, -0.1) is 0 Å². The number of rotatable bonds is 5. The average Bonchev–Trinajstić information content (AvgIpc) is 2.22. The Labute approximate surface area is 94.7 Å². The number of hydrogen-bond acceptors (Lipinski definition) is 3. The second-order valence-corrected chi connectivity index (χ2v) is 5.35. The first-order chi connectivity index (χ1) is 7.51. The van der Waals surface area contributed by atoms with Crippen molar-refractivity contribution in [3.05, 3.63) is 30.1 Å². The van der Waals surface area contributed by atoms with Gasteiger partial charge in [0.05, 0.1) is 10.9 Å². The molecule has 1 aromatic rings. The molecule has 0 saturated heterocycles. The topological polar surface area (TPSA) is 72.2 Å². The van der Waals surface area contributed by atoms with Crippen LogP contribution in [0.4, 0.5) is 10.1 Å². The smallest absolute Gasteiger partial charge is 0.236 e. The monoisotopic (exact) mass is 246 g/mol. The van der Waals surface area contributed by atoms with Gasteiger partial charge >= 0.3 is 0 Å². The van der Waals surface area contributed by atoms with Gasteiger partial charge in [-0.3, -0.25) is 4.72 Å². The van der Waals surface area contributed by atoms with E-state index in [1.54, 1.807) is 13.0 Å². The Morgan fingerprint density at radius 3 is 2.56 bits per heavy atom. The molecular weight excluding hydrogens is 231 g/mol. The lowest BCUT2D eigenvalue weighted by Crippen LogP contribution is -2.33. The summed E-state index contributed by atoms with van der Waals surface area (Å²) < 4.78 is 39.0. The fraction of sp³-hybridized carbons (Fsp3) is 0.400. The first-order valence-electron chi connectivity index (χ1n) is 4.97. The van der Waals surface area contributed by atoms with Crippen LogP contribution in [0.1, 0.15) is 13.3 Å². The van der Waals surface area contributed by atoms with Crippen molar-refractivity contribution < 1.29 is 12.8 Å². The standard InChI is InChI=1S/C10H15FN2O2S/c1-2-8(7-12)16(14,15)13-10-6-4-3-5-9(10)11/h3-6,8,13H,2,7,12H2,1H3. The molecule has 0 amide bonds. The lowest BCUT2D eigenvalue weighted by molar-refractivity contribution is 0.579. The fourth-order valence-corrected chi connectivity index (χ4v) is 2.62. The van der Waals surface area contributed by atoms with Gasteiger partial charge in [-0.05, 0) is 18.6 Å². The largest absolute Gasteiger partial charge is 0.329 e. The SMILES string of the molecule is CCC(CN)S(=O)(=O)Nc1ccccc1F. The lowest BCUT2D eigenvalue weighted by Gasteiger charge is -2.15. The quantitative estimate of drug-likeness (QED) is 0.822. The summed E-state index contributed by atoms with van der Waals surface area (Å²) in [4.78, 5) is 0. The third-order valence-electron chi connectivity index (χ3n) is 2.28. The molecule has 0 saturated carbocycles. The van der Waals surface area contributed by atoms with Crippen LogP contribution in [0.3, 0.4) is 0 Å². The maximum atomic E-state index is 13.2. The van der Waals surface area contributed by atoms with E-state index in [4.69, 9.17) is 5.73 Å². The number of halogens is 1. The molecule has 1 atom stereocenters. The Hall–Kier alpha value is -1.14. The highest BCUT2D eigenvalue weighted by molar-refractivity contribution is 7.93. The highest BCUT2D eigenvalue weighted by Gasteiger charge is 2.22. The average molecular weight is 246 g/mol. The van der Waals surface area contributed by atoms with Crippen LogP contribution >= 0.6 is 0 Å². The minimum Gasteiger partial charge on any atom is -0.329 e. The summed E-state index contributed by atoms with van der Waals surface area (Å²) in [6, 6.07) is 5.62. The van der Waals surface area contributed by atoms with E-state index in [-0.39, 0.29) is 12.2 Å². The zero-order valence-corrected chi connectivity index (χ0v) is 9.80. The van der Waals surface area contributed by atoms with Crippen molar-refractivity contribution in [1.82, 2.24) is 0 Å². The number of sulfonamides is 1. The van der Waals surface area contributed by atoms with Crippen LogP contribution in [-0.4, -0.2) is 20.2 Å². The normalized spacial score (nSPS) is 13.4. The molecule has 0 aromatic heterocycles. The minimum absolute atomic E-state index is 0.0142. The number of benzene rings is 1. The van der Waals surface area contributed by atoms with Crippen LogP contribution in [0.2, 0.25) is 0 Å². The van der Waals surface area contributed by atoms with Crippen LogP contribution in [0.25, 0.3) is 0 Å². The summed E-state index contributed by atoms with van der Waals surface area (Å²) in [6.07, 6.45) is 0.389. The lowest BCUT2D eigenvalue weighted by atomic mass is 10.3. The van der Waals surface area contributed by atoms with E-state index in [1.165, 1.54) is 18.2 Å². The van der Waals surface area contributed by atoms with Gasteiger partial charge in [-0.2, -0.15) is 0 Å². The van der Waals surface area contributed by atoms with E-state index in [0.717, 1.165) is 0 Å². The van der Waals surface area contributed by atoms with Crippen molar-refractivity contribution >= 4 is 15.7 Å². The minimum atomic E-state index is -3.61. The Bertz CT molecular complexity index is 444. The molecule has 1 rings (SSSR count). The van der Waals surface area contributed by atoms with E-state index >= 15 is 0 Å². The van der Waals surface area contributed by atoms with Crippen LogP contribution in [0.15, 0.2) is 24.3 Å². The molecule has 6 heteroatoms. The van der Waals surface area contributed by atoms with Gasteiger partial charge in [0.15, 0.2) is 0 Å². The molecule has 0 aliphatic carbocycles. The first kappa shape index (κ1) is 12.9. The molecule has 1 unspecified atom stereocenters. The van der Waals surface area contributed by atoms with E-state index in [0.29, 0.717) is 6.42 Å². The van der Waals surface area contributed by atoms with Gasteiger partial charge in [0.25, 0.3) is 0 Å². The maximum Gasteiger partial charge on any atom is 0.236 e. The third kappa shape index (κ3) is 2.93. The van der Waals surface area contributed by atoms with Gasteiger partial charge in [-0.25, -0.2) is 12.8 Å². The van der Waals surface area contributed by atoms with Gasteiger partial charge in [0, 0.05) is 6.54 Å². The summed E-state index contributed by atoms with van der Waals surface area (Å²) in [6.45, 7) is 1.73. The number of hydrogen-bond donors (Lipinski definition) is 2. The Kier molecular flexibility index (Phi) is 4.26. The summed E-state index contributed by atoms with van der Waals surface area (Å²) >= 11 is 0. The summed E-state index contributed by atoms with van der Waals surface area (Å²) in [5.74, 6) is -0.599. The van der Waals surface area contributed by atoms with Crippen molar-refractivity contribution in [3.63, 3.8) is 0 Å². The Balaban J connectivity index is 2.93. The molecule has 1 aromatic carbocycles. The Morgan fingerprint density at radius 1 is 1.44 bits per heavy atom. The second kappa shape index (κ2) is 5.27. The zero-order valence-electron chi connectivity index (χ0n) is 8.98. The van der Waals surface area contributed by atoms with Crippen molar-refractivity contribution in [3.8, 4) is 0 Å². The van der Waals surface area contributed by atoms with Crippen molar-refractivity contribution in [2.24, 2.45) is 5.73 Å². The molecule has 0 radical (unpaired) electrons. The van der Waals surface area contributed by atoms with Crippen molar-refractivity contribution in [1.29, 1.82) is 0 Å². The predicted octanol–water partition coefficient (Wildman–Crippen LogP) is 1.30. The number of nitrogens with two attached hydrogens (primary N) is 1. The fourth-order valence-electron chi connectivity index (χ4n) is 1.29. The molecule has 0 aliphatic heterocycles. The molecule has 3 N–H and O–H groups in total. The molecule has 0 fully saturated rings. The molecule has 0 heterocycles. The molecule has 0 bridgehead atoms. The van der Waals surface area contributed by atoms with Crippen molar-refractivity contribution in [2.75, 3.05) is 11.3 Å². The van der Waals surface area contributed by atoms with E-state index in [9.17, 15) is 12.8 Å². The first-order valence-corrected chi connectivity index (χ1v) is 6.52. The number of nitrogens with one attached hydrogen (secondary N) is 1. The van der Waals surface area contributed by atoms with Crippen molar-refractivity contribution in [2.45, 2.75) is 18.6 Å². The zero-order chi connectivity index (χ0) is 12.2. The summed E-state index contributed by atoms with van der Waals surface area (Å²) in [7, 11) is -3.61. The summed E-state index contributed by atoms with van der Waals surface area (Å²) in [5, 5.41) is -0.702. The summed E-state index contributed by atoms with van der Waals surface area (Å²) in [5.41, 5.74) is 5.30. The molecule has 0 aliphatic rings. The Morgan fingerprint density at radius 2 is 2.06 bits per heavy atom. The van der Waals surface area contributed by atoms with Crippen LogP contribution < -0.4 is 10.5 Å². The van der Waals surface area contributed by atoms with Crippen LogP contribution in [-0.2, 0) is 10.0 Å². The highest BCUT2D eigenvalue weighted by Crippen LogP contribution is 2.16. The van der Waals surface area contributed by atoms with E-state index in [1.807, 2.05) is 0 Å². The number of para-hydroxylation sites is 1. The number of anilines is 1. The van der Waals surface area contributed by atoms with Gasteiger partial charge in [0.2, 0.25) is 10.0 Å². The predicted molar refractivity (Wildman–Crippen MR) is 62.1 cm³/mol. The molecule has 4 nitrogen and oxygen atoms in total.